The van der Waals surface area contributed by atoms with Gasteiger partial charge < -0.3 is 15.2 Å². The van der Waals surface area contributed by atoms with Crippen molar-refractivity contribution in [2.75, 3.05) is 10.6 Å². The van der Waals surface area contributed by atoms with E-state index in [1.807, 2.05) is 47.2 Å². The van der Waals surface area contributed by atoms with Crippen molar-refractivity contribution in [3.05, 3.63) is 66.7 Å². The van der Waals surface area contributed by atoms with Crippen LogP contribution in [-0.2, 0) is 4.79 Å². The van der Waals surface area contributed by atoms with Crippen LogP contribution in [0.4, 0.5) is 11.5 Å². The molecule has 3 aromatic heterocycles. The molecule has 144 valence electrons. The maximum atomic E-state index is 12.4. The summed E-state index contributed by atoms with van der Waals surface area (Å²) < 4.78 is 1.99. The van der Waals surface area contributed by atoms with E-state index in [9.17, 15) is 9.59 Å². The summed E-state index contributed by atoms with van der Waals surface area (Å²) in [5, 5.41) is 13.2. The van der Waals surface area contributed by atoms with Gasteiger partial charge in [0.2, 0.25) is 5.91 Å². The number of benzene rings is 1. The standard InChI is InChI=1S/C21H18N6O2/c28-20(13-4-5-13)25-19-12-14(6-9-22-19)27-11-8-15-16(2-1-3-18(15)27)24-21(29)17-7-10-23-26-17/h1-3,6-13H,4-5H2,(H,23,26)(H,24,29)(H,22,25,28). The summed E-state index contributed by atoms with van der Waals surface area (Å²) in [6.07, 6.45) is 7.10. The predicted octanol–water partition coefficient (Wildman–Crippen LogP) is 3.35. The van der Waals surface area contributed by atoms with Crippen LogP contribution < -0.4 is 10.6 Å². The van der Waals surface area contributed by atoms with E-state index in [-0.39, 0.29) is 17.7 Å². The molecule has 3 N–H and O–H groups in total. The highest BCUT2D eigenvalue weighted by atomic mass is 16.2. The number of fused-ring (bicyclic) bond motifs is 1. The first kappa shape index (κ1) is 17.2. The van der Waals surface area contributed by atoms with Gasteiger partial charge in [0.15, 0.2) is 0 Å². The second kappa shape index (κ2) is 6.90. The van der Waals surface area contributed by atoms with Crippen molar-refractivity contribution >= 4 is 34.2 Å². The lowest BCUT2D eigenvalue weighted by atomic mass is 10.2. The van der Waals surface area contributed by atoms with Crippen LogP contribution in [0.2, 0.25) is 0 Å². The van der Waals surface area contributed by atoms with E-state index in [1.165, 1.54) is 0 Å². The van der Waals surface area contributed by atoms with Gasteiger partial charge in [-0.25, -0.2) is 4.98 Å². The molecule has 4 aromatic rings. The van der Waals surface area contributed by atoms with E-state index in [0.717, 1.165) is 29.4 Å². The molecule has 1 aromatic carbocycles. The molecule has 0 radical (unpaired) electrons. The van der Waals surface area contributed by atoms with Crippen LogP contribution in [0.1, 0.15) is 23.3 Å². The summed E-state index contributed by atoms with van der Waals surface area (Å²) in [4.78, 5) is 28.6. The van der Waals surface area contributed by atoms with Crippen molar-refractivity contribution < 1.29 is 9.59 Å². The third-order valence-corrected chi connectivity index (χ3v) is 4.94. The first-order valence-electron chi connectivity index (χ1n) is 9.37. The van der Waals surface area contributed by atoms with Crippen molar-refractivity contribution in [1.29, 1.82) is 0 Å². The van der Waals surface area contributed by atoms with E-state index in [0.29, 0.717) is 17.2 Å². The van der Waals surface area contributed by atoms with Crippen molar-refractivity contribution in [2.45, 2.75) is 12.8 Å². The van der Waals surface area contributed by atoms with E-state index < -0.39 is 0 Å². The van der Waals surface area contributed by atoms with Gasteiger partial charge in [0, 0.05) is 36.0 Å². The minimum atomic E-state index is -0.277. The SMILES string of the molecule is O=C(Nc1cccc2c1ccn2-c1ccnc(NC(=O)C2CC2)c1)c1cc[nH]n1. The number of hydrogen-bond donors (Lipinski definition) is 3. The highest BCUT2D eigenvalue weighted by molar-refractivity contribution is 6.08. The quantitative estimate of drug-likeness (QED) is 0.489. The number of hydrogen-bond acceptors (Lipinski definition) is 4. The Morgan fingerprint density at radius 1 is 1.10 bits per heavy atom. The molecule has 0 spiro atoms. The molecule has 1 fully saturated rings. The highest BCUT2D eigenvalue weighted by Crippen LogP contribution is 2.31. The number of rotatable bonds is 5. The fourth-order valence-corrected chi connectivity index (χ4v) is 3.29. The van der Waals surface area contributed by atoms with Gasteiger partial charge in [0.05, 0.1) is 16.9 Å². The molecule has 0 bridgehead atoms. The number of H-pyrrole nitrogens is 1. The number of pyridine rings is 1. The van der Waals surface area contributed by atoms with Gasteiger partial charge in [-0.1, -0.05) is 6.07 Å². The first-order valence-corrected chi connectivity index (χ1v) is 9.37. The molecule has 8 nitrogen and oxygen atoms in total. The Kier molecular flexibility index (Phi) is 4.09. The Morgan fingerprint density at radius 3 is 2.79 bits per heavy atom. The topological polar surface area (TPSA) is 105 Å². The number of anilines is 2. The number of carbonyl (C=O) groups is 2. The molecule has 2 amide bonds. The zero-order valence-corrected chi connectivity index (χ0v) is 15.4. The summed E-state index contributed by atoms with van der Waals surface area (Å²) in [7, 11) is 0. The number of carbonyl (C=O) groups excluding carboxylic acids is 2. The largest absolute Gasteiger partial charge is 0.320 e. The van der Waals surface area contributed by atoms with Crippen LogP contribution in [-0.4, -0.2) is 31.6 Å². The summed E-state index contributed by atoms with van der Waals surface area (Å²) in [5.74, 6) is 0.397. The molecular weight excluding hydrogens is 368 g/mol. The van der Waals surface area contributed by atoms with Gasteiger partial charge in [-0.05, 0) is 43.2 Å². The Bertz CT molecular complexity index is 1210. The average molecular weight is 386 g/mol. The Hall–Kier alpha value is -3.94. The van der Waals surface area contributed by atoms with Crippen LogP contribution in [0.3, 0.4) is 0 Å². The number of aromatic nitrogens is 4. The number of amides is 2. The van der Waals surface area contributed by atoms with Gasteiger partial charge in [-0.15, -0.1) is 0 Å². The number of nitrogens with one attached hydrogen (secondary N) is 3. The van der Waals surface area contributed by atoms with E-state index >= 15 is 0 Å². The van der Waals surface area contributed by atoms with E-state index in [2.05, 4.69) is 25.8 Å². The lowest BCUT2D eigenvalue weighted by Crippen LogP contribution is -2.14. The molecule has 0 saturated heterocycles. The minimum Gasteiger partial charge on any atom is -0.320 e. The minimum absolute atomic E-state index is 0.0235. The second-order valence-corrected chi connectivity index (χ2v) is 7.00. The predicted molar refractivity (Wildman–Crippen MR) is 109 cm³/mol. The van der Waals surface area contributed by atoms with Crippen molar-refractivity contribution in [3.8, 4) is 5.69 Å². The molecular formula is C21H18N6O2. The summed E-state index contributed by atoms with van der Waals surface area (Å²) in [5.41, 5.74) is 2.82. The molecule has 1 aliphatic rings. The maximum absolute atomic E-state index is 12.4. The van der Waals surface area contributed by atoms with Crippen LogP contribution in [0.5, 0.6) is 0 Å². The molecule has 1 aliphatic carbocycles. The van der Waals surface area contributed by atoms with Crippen LogP contribution in [0, 0.1) is 5.92 Å². The molecule has 0 atom stereocenters. The van der Waals surface area contributed by atoms with Gasteiger partial charge >= 0.3 is 0 Å². The molecule has 5 rings (SSSR count). The third-order valence-electron chi connectivity index (χ3n) is 4.94. The van der Waals surface area contributed by atoms with Gasteiger partial charge in [0.1, 0.15) is 11.5 Å². The highest BCUT2D eigenvalue weighted by Gasteiger charge is 2.29. The second-order valence-electron chi connectivity index (χ2n) is 7.00. The summed E-state index contributed by atoms with van der Waals surface area (Å²) >= 11 is 0. The van der Waals surface area contributed by atoms with Gasteiger partial charge in [-0.3, -0.25) is 14.7 Å². The summed E-state index contributed by atoms with van der Waals surface area (Å²) in [6, 6.07) is 13.0. The molecule has 0 aliphatic heterocycles. The van der Waals surface area contributed by atoms with Gasteiger partial charge in [0.25, 0.3) is 5.91 Å². The third kappa shape index (κ3) is 3.36. The lowest BCUT2D eigenvalue weighted by Gasteiger charge is -2.10. The van der Waals surface area contributed by atoms with Crippen LogP contribution in [0.25, 0.3) is 16.6 Å². The maximum Gasteiger partial charge on any atom is 0.276 e. The fraction of sp³-hybridized carbons (Fsp3) is 0.143. The van der Waals surface area contributed by atoms with Crippen molar-refractivity contribution in [3.63, 3.8) is 0 Å². The van der Waals surface area contributed by atoms with Crippen molar-refractivity contribution in [1.82, 2.24) is 19.7 Å². The van der Waals surface area contributed by atoms with Crippen molar-refractivity contribution in [2.24, 2.45) is 5.92 Å². The number of nitrogens with zero attached hydrogens (tertiary/aromatic N) is 3. The normalized spacial score (nSPS) is 13.4. The Balaban J connectivity index is 1.46. The average Bonchev–Trinajstić information content (AvgIpc) is 3.25. The zero-order valence-electron chi connectivity index (χ0n) is 15.4. The number of aromatic amines is 1. The zero-order chi connectivity index (χ0) is 19.8. The molecule has 0 unspecified atom stereocenters. The fourth-order valence-electron chi connectivity index (χ4n) is 3.29. The Morgan fingerprint density at radius 2 is 2.00 bits per heavy atom. The summed E-state index contributed by atoms with van der Waals surface area (Å²) in [6.45, 7) is 0. The Labute approximate surface area is 166 Å². The molecule has 29 heavy (non-hydrogen) atoms. The molecule has 1 saturated carbocycles. The van der Waals surface area contributed by atoms with Gasteiger partial charge in [-0.2, -0.15) is 5.10 Å². The lowest BCUT2D eigenvalue weighted by molar-refractivity contribution is -0.117. The first-order chi connectivity index (χ1) is 14.2. The molecule has 8 heteroatoms. The van der Waals surface area contributed by atoms with Crippen LogP contribution >= 0.6 is 0 Å². The molecule has 3 heterocycles. The van der Waals surface area contributed by atoms with E-state index in [1.54, 1.807) is 18.5 Å². The van der Waals surface area contributed by atoms with Crippen LogP contribution in [0.15, 0.2) is 61.1 Å². The smallest absolute Gasteiger partial charge is 0.276 e. The monoisotopic (exact) mass is 386 g/mol. The van der Waals surface area contributed by atoms with E-state index in [4.69, 9.17) is 0 Å².